The number of ether oxygens (including phenoxy) is 2. The summed E-state index contributed by atoms with van der Waals surface area (Å²) in [6, 6.07) is 61.8. The van der Waals surface area contributed by atoms with E-state index >= 15 is 0 Å². The van der Waals surface area contributed by atoms with Gasteiger partial charge in [-0.15, -0.1) is 11.3 Å². The predicted molar refractivity (Wildman–Crippen MR) is 192 cm³/mol. The van der Waals surface area contributed by atoms with Gasteiger partial charge in [0.05, 0.1) is 9.00 Å². The van der Waals surface area contributed by atoms with Crippen molar-refractivity contribution in [2.45, 2.75) is 0 Å². The number of hydrogen-bond acceptors (Lipinski definition) is 3. The SMILES string of the molecule is c1ccc([Si]2(c3ccccc3)c3ccccc3Oc3c2sc2c3Oc3ccccc3[Si]2(c2ccccc2)c2ccccc2)cc1. The quantitative estimate of drug-likeness (QED) is 0.263. The van der Waals surface area contributed by atoms with E-state index in [1.54, 1.807) is 0 Å². The summed E-state index contributed by atoms with van der Waals surface area (Å²) >= 11 is 1.93. The van der Waals surface area contributed by atoms with E-state index in [0.29, 0.717) is 0 Å². The summed E-state index contributed by atoms with van der Waals surface area (Å²) in [5.41, 5.74) is 0. The van der Waals surface area contributed by atoms with Gasteiger partial charge in [-0.1, -0.05) is 158 Å². The molecule has 0 radical (unpaired) electrons. The van der Waals surface area contributed by atoms with Gasteiger partial charge in [-0.2, -0.15) is 0 Å². The molecule has 2 aliphatic rings. The fourth-order valence-electron chi connectivity index (χ4n) is 7.51. The number of fused-ring (bicyclic) bond motifs is 5. The van der Waals surface area contributed by atoms with Gasteiger partial charge in [0, 0.05) is 0 Å². The van der Waals surface area contributed by atoms with Crippen LogP contribution in [-0.4, -0.2) is 16.1 Å². The van der Waals surface area contributed by atoms with E-state index in [-0.39, 0.29) is 0 Å². The van der Waals surface area contributed by atoms with E-state index in [0.717, 1.165) is 23.0 Å². The molecule has 2 aliphatic heterocycles. The van der Waals surface area contributed by atoms with Crippen LogP contribution >= 0.6 is 11.3 Å². The van der Waals surface area contributed by atoms with E-state index in [4.69, 9.17) is 9.47 Å². The van der Waals surface area contributed by atoms with Crippen molar-refractivity contribution < 1.29 is 9.47 Å². The molecule has 1 aromatic heterocycles. The normalized spacial score (nSPS) is 14.9. The van der Waals surface area contributed by atoms with E-state index < -0.39 is 16.1 Å². The summed E-state index contributed by atoms with van der Waals surface area (Å²) in [5.74, 6) is 3.59. The van der Waals surface area contributed by atoms with Gasteiger partial charge in [0.25, 0.3) is 0 Å². The largest absolute Gasteiger partial charge is 0.453 e. The first kappa shape index (κ1) is 26.5. The number of para-hydroxylation sites is 2. The van der Waals surface area contributed by atoms with Crippen LogP contribution in [0.5, 0.6) is 23.0 Å². The van der Waals surface area contributed by atoms with Gasteiger partial charge in [-0.05, 0) is 43.3 Å². The van der Waals surface area contributed by atoms with Crippen LogP contribution in [0.1, 0.15) is 0 Å². The zero-order valence-corrected chi connectivity index (χ0v) is 27.2. The third kappa shape index (κ3) is 3.66. The maximum atomic E-state index is 7.04. The Bertz CT molecular complexity index is 1930. The average Bonchev–Trinajstić information content (AvgIpc) is 3.49. The number of hydrogen-bond donors (Lipinski definition) is 0. The molecular weight excluding hydrogens is 601 g/mol. The smallest absolute Gasteiger partial charge is 0.200 e. The lowest BCUT2D eigenvalue weighted by molar-refractivity contribution is 0.427. The van der Waals surface area contributed by atoms with Gasteiger partial charge in [-0.3, -0.25) is 0 Å². The van der Waals surface area contributed by atoms with Crippen molar-refractivity contribution in [3.8, 4) is 23.0 Å². The number of rotatable bonds is 4. The van der Waals surface area contributed by atoms with Gasteiger partial charge < -0.3 is 9.47 Å². The van der Waals surface area contributed by atoms with Gasteiger partial charge in [0.2, 0.25) is 0 Å². The lowest BCUT2D eigenvalue weighted by Gasteiger charge is -2.38. The molecule has 0 unspecified atom stereocenters. The molecule has 3 heterocycles. The molecule has 6 aromatic carbocycles. The molecule has 0 fully saturated rings. The molecule has 0 amide bonds. The fourth-order valence-corrected chi connectivity index (χ4v) is 21.3. The summed E-state index contributed by atoms with van der Waals surface area (Å²) < 4.78 is 16.7. The molecule has 45 heavy (non-hydrogen) atoms. The van der Waals surface area contributed by atoms with Crippen molar-refractivity contribution in [1.29, 1.82) is 0 Å². The Hall–Kier alpha value is -4.95. The molecule has 9 rings (SSSR count). The minimum Gasteiger partial charge on any atom is -0.453 e. The Kier molecular flexibility index (Phi) is 6.06. The monoisotopic (exact) mass is 628 g/mol. The Morgan fingerprint density at radius 3 is 0.956 bits per heavy atom. The number of benzene rings is 6. The fraction of sp³-hybridized carbons (Fsp3) is 0. The predicted octanol–water partition coefficient (Wildman–Crippen LogP) is 4.71. The minimum absolute atomic E-state index is 0.881. The maximum Gasteiger partial charge on any atom is 0.200 e. The first-order valence-corrected chi connectivity index (χ1v) is 20.1. The van der Waals surface area contributed by atoms with Crippen molar-refractivity contribution in [1.82, 2.24) is 0 Å². The summed E-state index contributed by atoms with van der Waals surface area (Å²) in [5, 5.41) is 7.93. The van der Waals surface area contributed by atoms with E-state index in [1.165, 1.54) is 40.1 Å². The van der Waals surface area contributed by atoms with E-state index in [2.05, 4.69) is 170 Å². The second-order valence-corrected chi connectivity index (χ2v) is 20.7. The van der Waals surface area contributed by atoms with Crippen LogP contribution in [0.3, 0.4) is 0 Å². The van der Waals surface area contributed by atoms with Crippen LogP contribution in [0, 0.1) is 0 Å². The van der Waals surface area contributed by atoms with Gasteiger partial charge in [0.1, 0.15) is 11.5 Å². The zero-order valence-electron chi connectivity index (χ0n) is 24.4. The van der Waals surface area contributed by atoms with Gasteiger partial charge >= 0.3 is 0 Å². The Labute approximate surface area is 268 Å². The van der Waals surface area contributed by atoms with Crippen molar-refractivity contribution in [3.63, 3.8) is 0 Å². The van der Waals surface area contributed by atoms with Crippen molar-refractivity contribution >= 4 is 67.6 Å². The molecule has 2 nitrogen and oxygen atoms in total. The van der Waals surface area contributed by atoms with Crippen molar-refractivity contribution in [2.75, 3.05) is 0 Å². The summed E-state index contributed by atoms with van der Waals surface area (Å²) in [4.78, 5) is 0. The molecule has 0 spiro atoms. The maximum absolute atomic E-state index is 7.04. The van der Waals surface area contributed by atoms with Crippen LogP contribution in [-0.2, 0) is 0 Å². The van der Waals surface area contributed by atoms with E-state index in [9.17, 15) is 0 Å². The van der Waals surface area contributed by atoms with E-state index in [1.807, 2.05) is 11.3 Å². The topological polar surface area (TPSA) is 18.5 Å². The van der Waals surface area contributed by atoms with Crippen molar-refractivity contribution in [3.05, 3.63) is 170 Å². The highest BCUT2D eigenvalue weighted by atomic mass is 32.1. The Morgan fingerprint density at radius 2 is 0.622 bits per heavy atom. The minimum atomic E-state index is -2.82. The van der Waals surface area contributed by atoms with Gasteiger partial charge in [-0.25, -0.2) is 0 Å². The standard InChI is InChI=1S/C40H28O2SSi2/c1-5-17-29(18-6-1)44(30-19-7-2-8-20-30)35-27-15-13-25-33(35)41-37-38-40(43-39(37)44)45(31-21-9-3-10-22-31,32-23-11-4-12-24-32)36-28-16-14-26-34(36)42-38/h1-28H. The second kappa shape index (κ2) is 10.3. The van der Waals surface area contributed by atoms with Crippen LogP contribution in [0.2, 0.25) is 0 Å². The molecule has 7 aromatic rings. The summed E-state index contributed by atoms with van der Waals surface area (Å²) in [6.45, 7) is 0. The average molecular weight is 629 g/mol. The van der Waals surface area contributed by atoms with Crippen LogP contribution in [0.15, 0.2) is 170 Å². The molecule has 0 saturated heterocycles. The lowest BCUT2D eigenvalue weighted by Crippen LogP contribution is -2.76. The highest BCUT2D eigenvalue weighted by Gasteiger charge is 2.56. The van der Waals surface area contributed by atoms with Crippen LogP contribution in [0.4, 0.5) is 0 Å². The Morgan fingerprint density at radius 1 is 0.333 bits per heavy atom. The third-order valence-corrected chi connectivity index (χ3v) is 21.6. The highest BCUT2D eigenvalue weighted by molar-refractivity contribution is 7.46. The Balaban J connectivity index is 1.47. The molecule has 5 heteroatoms. The summed E-state index contributed by atoms with van der Waals surface area (Å²) in [7, 11) is -5.65. The molecular formula is C40H28O2SSi2. The highest BCUT2D eigenvalue weighted by Crippen LogP contribution is 2.43. The molecule has 0 saturated carbocycles. The molecule has 0 N–H and O–H groups in total. The lowest BCUT2D eigenvalue weighted by atomic mass is 10.3. The summed E-state index contributed by atoms with van der Waals surface area (Å²) in [6.07, 6.45) is 0. The molecule has 0 bridgehead atoms. The van der Waals surface area contributed by atoms with Gasteiger partial charge in [0.15, 0.2) is 27.6 Å². The first-order valence-electron chi connectivity index (χ1n) is 15.3. The molecule has 0 atom stereocenters. The zero-order chi connectivity index (χ0) is 29.8. The first-order chi connectivity index (χ1) is 22.3. The van der Waals surface area contributed by atoms with Crippen LogP contribution < -0.4 is 49.6 Å². The number of thiophene rings is 1. The van der Waals surface area contributed by atoms with Crippen molar-refractivity contribution in [2.24, 2.45) is 0 Å². The molecule has 214 valence electrons. The van der Waals surface area contributed by atoms with Crippen LogP contribution in [0.25, 0.3) is 0 Å². The third-order valence-electron chi connectivity index (χ3n) is 9.34. The molecule has 0 aliphatic carbocycles. The second-order valence-electron chi connectivity index (χ2n) is 11.6.